The Kier molecular flexibility index (Phi) is 17.8. The number of likely N-dealkylation sites (tertiary alicyclic amines) is 2. The molecular formula is C47H61FKN7O8. The van der Waals surface area contributed by atoms with Crippen LogP contribution in [0, 0.1) is 11.3 Å². The Labute approximate surface area is 418 Å². The quantitative estimate of drug-likeness (QED) is 0.136. The average Bonchev–Trinajstić information content (AvgIpc) is 3.29. The van der Waals surface area contributed by atoms with Crippen LogP contribution in [0.3, 0.4) is 0 Å². The minimum atomic E-state index is -0.790. The number of rotatable bonds is 17. The maximum Gasteiger partial charge on any atom is 1.00 e. The van der Waals surface area contributed by atoms with Crippen LogP contribution in [0.25, 0.3) is 11.0 Å². The molecule has 0 radical (unpaired) electrons. The van der Waals surface area contributed by atoms with Crippen LogP contribution in [0.5, 0.6) is 17.2 Å². The summed E-state index contributed by atoms with van der Waals surface area (Å²) in [6.45, 7) is 6.23. The number of nitrogens with one attached hydrogen (secondary N) is 2. The van der Waals surface area contributed by atoms with E-state index in [-0.39, 0.29) is 92.8 Å². The van der Waals surface area contributed by atoms with Gasteiger partial charge in [0.1, 0.15) is 30.0 Å². The van der Waals surface area contributed by atoms with Crippen LogP contribution in [-0.2, 0) is 20.9 Å². The maximum atomic E-state index is 14.3. The summed E-state index contributed by atoms with van der Waals surface area (Å²) in [6, 6.07) is 8.03. The Morgan fingerprint density at radius 1 is 0.984 bits per heavy atom. The number of nitrogens with zero attached hydrogens (tertiary/aromatic N) is 5. The van der Waals surface area contributed by atoms with Gasteiger partial charge in [-0.3, -0.25) is 34.2 Å². The Balaban J connectivity index is 0.00000680. The van der Waals surface area contributed by atoms with Crippen molar-refractivity contribution in [3.8, 4) is 17.2 Å². The predicted octanol–water partition coefficient (Wildman–Crippen LogP) is 1.91. The molecule has 2 aromatic carbocycles. The molecule has 5 aliphatic rings. The summed E-state index contributed by atoms with van der Waals surface area (Å²) in [5.41, 5.74) is 8.84. The van der Waals surface area contributed by atoms with Gasteiger partial charge in [-0.2, -0.15) is 7.05 Å². The molecule has 340 valence electrons. The van der Waals surface area contributed by atoms with Gasteiger partial charge in [0.25, 0.3) is 5.91 Å². The molecule has 1 aliphatic carbocycles. The second-order valence-electron chi connectivity index (χ2n) is 17.7. The fraction of sp³-hybridized carbons (Fsp3) is 0.553. The second kappa shape index (κ2) is 22.8. The Bertz CT molecular complexity index is 2070. The molecule has 1 spiro atoms. The first-order chi connectivity index (χ1) is 30.5. The molecule has 4 amide bonds. The van der Waals surface area contributed by atoms with E-state index in [2.05, 4.69) is 25.9 Å². The van der Waals surface area contributed by atoms with Crippen molar-refractivity contribution in [2.75, 3.05) is 80.8 Å². The molecule has 4 heterocycles. The van der Waals surface area contributed by atoms with Crippen LogP contribution in [0.15, 0.2) is 47.7 Å². The monoisotopic (exact) mass is 909 g/mol. The normalized spacial score (nSPS) is 21.4. The second-order valence-corrected chi connectivity index (χ2v) is 17.7. The molecule has 1 atom stereocenters. The molecule has 64 heavy (non-hydrogen) atoms. The Hall–Kier alpha value is -3.52. The van der Waals surface area contributed by atoms with Crippen LogP contribution in [-0.4, -0.2) is 143 Å². The number of carbonyl (C=O) groups is 5. The summed E-state index contributed by atoms with van der Waals surface area (Å²) < 4.78 is 32.6. The van der Waals surface area contributed by atoms with Gasteiger partial charge in [0.2, 0.25) is 18.2 Å². The molecule has 4 fully saturated rings. The standard InChI is InChI=1S/C47H61FN7O8.K/c1-49-55-16-11-37(34(24-48)27-55)39(25-50-30-57)33-19-42(61-3)40(43(20-33)62-4)28-53-14-9-31(10-15-53)26-54-17-12-47(13-18-54)22-36(23-47)63-35-6-5-32(29-56)38(21-35)46(60)52(2)41-7-8-44(58)51-45(41)59;/h5-6,19-21,25,29-31,36,41H,7-18,22-24,26-28H2,1-4H3,(H,50,57)(H,51,58,59);/q-1;+1/b39-25-;. The van der Waals surface area contributed by atoms with Gasteiger partial charge in [0, 0.05) is 50.4 Å². The molecule has 2 aromatic rings. The van der Waals surface area contributed by atoms with E-state index in [1.165, 1.54) is 11.9 Å². The number of methoxy groups -OCH3 is 2. The van der Waals surface area contributed by atoms with Crippen LogP contribution in [0.4, 0.5) is 4.39 Å². The number of piperidine rings is 3. The molecule has 7 rings (SSSR count). The molecule has 17 heteroatoms. The van der Waals surface area contributed by atoms with Crippen molar-refractivity contribution >= 4 is 36.0 Å². The molecule has 15 nitrogen and oxygen atoms in total. The number of benzene rings is 2. The molecule has 2 N–H and O–H groups in total. The number of alkyl halides is 1. The number of allylic oxidation sites excluding steroid dienone is 1. The van der Waals surface area contributed by atoms with Crippen molar-refractivity contribution in [3.63, 3.8) is 0 Å². The van der Waals surface area contributed by atoms with E-state index in [4.69, 9.17) is 14.2 Å². The zero-order valence-corrected chi connectivity index (χ0v) is 41.1. The Morgan fingerprint density at radius 3 is 2.30 bits per heavy atom. The number of aldehydes is 1. The summed E-state index contributed by atoms with van der Waals surface area (Å²) in [4.78, 5) is 67.1. The van der Waals surface area contributed by atoms with Gasteiger partial charge in [0.05, 0.1) is 31.5 Å². The first kappa shape index (κ1) is 49.9. The van der Waals surface area contributed by atoms with Gasteiger partial charge in [-0.25, -0.2) is 4.39 Å². The summed E-state index contributed by atoms with van der Waals surface area (Å²) in [5.74, 6) is 1.16. The van der Waals surface area contributed by atoms with Crippen molar-refractivity contribution in [2.24, 2.45) is 11.3 Å². The first-order valence-corrected chi connectivity index (χ1v) is 22.1. The van der Waals surface area contributed by atoms with Gasteiger partial charge in [-0.1, -0.05) is 0 Å². The van der Waals surface area contributed by atoms with Gasteiger partial charge in [-0.05, 0) is 142 Å². The van der Waals surface area contributed by atoms with Gasteiger partial charge >= 0.3 is 51.4 Å². The third kappa shape index (κ3) is 11.5. The molecule has 4 aliphatic heterocycles. The number of hydrogen-bond donors (Lipinski definition) is 2. The number of carbonyl (C=O) groups excluding carboxylic acids is 5. The fourth-order valence-corrected chi connectivity index (χ4v) is 10.2. The third-order valence-electron chi connectivity index (χ3n) is 13.9. The summed E-state index contributed by atoms with van der Waals surface area (Å²) >= 11 is 0. The van der Waals surface area contributed by atoms with Crippen molar-refractivity contribution in [2.45, 2.75) is 76.5 Å². The van der Waals surface area contributed by atoms with E-state index in [0.717, 1.165) is 93.5 Å². The van der Waals surface area contributed by atoms with Crippen LogP contribution in [0.2, 0.25) is 0 Å². The summed E-state index contributed by atoms with van der Waals surface area (Å²) in [6.07, 6.45) is 10.2. The van der Waals surface area contributed by atoms with E-state index in [0.29, 0.717) is 67.5 Å². The predicted molar refractivity (Wildman–Crippen MR) is 235 cm³/mol. The van der Waals surface area contributed by atoms with Crippen LogP contribution < -0.4 is 76.2 Å². The zero-order valence-electron chi connectivity index (χ0n) is 38.0. The molecule has 1 saturated carbocycles. The van der Waals surface area contributed by atoms with Gasteiger partial charge in [-0.15, -0.1) is 0 Å². The molecule has 0 aromatic heterocycles. The topological polar surface area (TPSA) is 164 Å². The van der Waals surface area contributed by atoms with E-state index in [1.54, 1.807) is 45.7 Å². The van der Waals surface area contributed by atoms with E-state index in [9.17, 15) is 28.4 Å². The fourth-order valence-electron chi connectivity index (χ4n) is 10.2. The molecular weight excluding hydrogens is 849 g/mol. The van der Waals surface area contributed by atoms with E-state index < -0.39 is 24.5 Å². The maximum absolute atomic E-state index is 14.3. The zero-order chi connectivity index (χ0) is 44.7. The SMILES string of the molecule is C[N-]N1CCC(/C(=C\NC=O)c2cc(OC)c(CN3CCC(CN4CCC5(CC4)CC(Oc4ccc(C=O)c(C(=O)N(C)C6CCC(=O)NC6=O)c4)C5)CC3)c(OC)c2)=C(CF)C1.[K+]. The summed E-state index contributed by atoms with van der Waals surface area (Å²) in [7, 11) is 6.52. The number of ether oxygens (including phenoxy) is 3. The van der Waals surface area contributed by atoms with Gasteiger partial charge < -0.3 is 39.8 Å². The first-order valence-electron chi connectivity index (χ1n) is 22.1. The number of hydrogen-bond acceptors (Lipinski definition) is 11. The van der Waals surface area contributed by atoms with Gasteiger partial charge in [0.15, 0.2) is 6.29 Å². The minimum Gasteiger partial charge on any atom is -0.597 e. The summed E-state index contributed by atoms with van der Waals surface area (Å²) in [5, 5.41) is 6.81. The third-order valence-corrected chi connectivity index (χ3v) is 13.9. The largest absolute Gasteiger partial charge is 1.00 e. The van der Waals surface area contributed by atoms with Crippen LogP contribution in [0.1, 0.15) is 89.6 Å². The van der Waals surface area contributed by atoms with Crippen molar-refractivity contribution in [3.05, 3.63) is 75.4 Å². The number of likely N-dealkylation sites (N-methyl/N-ethyl adjacent to an activating group) is 1. The van der Waals surface area contributed by atoms with Crippen molar-refractivity contribution in [1.29, 1.82) is 0 Å². The van der Waals surface area contributed by atoms with Crippen LogP contribution >= 0.6 is 0 Å². The van der Waals surface area contributed by atoms with E-state index in [1.807, 2.05) is 17.1 Å². The number of amides is 4. The Morgan fingerprint density at radius 2 is 1.69 bits per heavy atom. The number of imide groups is 1. The molecule has 1 unspecified atom stereocenters. The van der Waals surface area contributed by atoms with Crippen molar-refractivity contribution in [1.82, 2.24) is 30.3 Å². The molecule has 3 saturated heterocycles. The minimum absolute atomic E-state index is 0. The molecule has 0 bridgehead atoms. The average molecular weight is 910 g/mol. The van der Waals surface area contributed by atoms with Crippen molar-refractivity contribution < 1.29 is 94.0 Å². The number of halogens is 1. The van der Waals surface area contributed by atoms with E-state index >= 15 is 0 Å². The smallest absolute Gasteiger partial charge is 0.597 e.